The maximum atomic E-state index is 15.4. The van der Waals surface area contributed by atoms with Crippen molar-refractivity contribution >= 4 is 11.0 Å². The summed E-state index contributed by atoms with van der Waals surface area (Å²) in [6, 6.07) is 15.6. The molecule has 0 radical (unpaired) electrons. The summed E-state index contributed by atoms with van der Waals surface area (Å²) in [5.74, 6) is -1.59. The molecule has 1 aliphatic rings. The van der Waals surface area contributed by atoms with Gasteiger partial charge in [0.1, 0.15) is 36.2 Å². The van der Waals surface area contributed by atoms with E-state index in [9.17, 15) is 10.2 Å². The number of imidazole rings is 1. The SMILES string of the molecule is OCC1OCC(Oc2nc3c(F)c(-c4ccc(-c5ccc(-n6cncn6)cc5)cc4)c(F)cc3[nH]2)C1O. The van der Waals surface area contributed by atoms with Crippen LogP contribution in [0, 0.1) is 11.6 Å². The molecule has 0 bridgehead atoms. The zero-order valence-corrected chi connectivity index (χ0v) is 19.3. The first-order chi connectivity index (χ1) is 18.0. The summed E-state index contributed by atoms with van der Waals surface area (Å²) in [5.41, 5.74) is 2.85. The number of aromatic amines is 1. The first-order valence-electron chi connectivity index (χ1n) is 11.5. The summed E-state index contributed by atoms with van der Waals surface area (Å²) in [6.45, 7) is -0.335. The summed E-state index contributed by atoms with van der Waals surface area (Å²) in [5, 5.41) is 23.5. The molecule has 3 atom stereocenters. The summed E-state index contributed by atoms with van der Waals surface area (Å²) >= 11 is 0. The number of nitrogens with zero attached hydrogens (tertiary/aromatic N) is 4. The highest BCUT2D eigenvalue weighted by Crippen LogP contribution is 2.34. The molecule has 0 saturated carbocycles. The molecule has 9 nitrogen and oxygen atoms in total. The monoisotopic (exact) mass is 505 g/mol. The Bertz CT molecular complexity index is 1540. The topological polar surface area (TPSA) is 118 Å². The zero-order chi connectivity index (χ0) is 25.5. The maximum absolute atomic E-state index is 15.4. The number of fused-ring (bicyclic) bond motifs is 1. The van der Waals surface area contributed by atoms with E-state index >= 15 is 8.78 Å². The minimum Gasteiger partial charge on any atom is -0.456 e. The molecule has 5 aromatic rings. The molecule has 0 spiro atoms. The summed E-state index contributed by atoms with van der Waals surface area (Å²) in [4.78, 5) is 10.8. The Morgan fingerprint density at radius 3 is 2.41 bits per heavy atom. The van der Waals surface area contributed by atoms with Crippen molar-refractivity contribution in [1.29, 1.82) is 0 Å². The third-order valence-electron chi connectivity index (χ3n) is 6.38. The van der Waals surface area contributed by atoms with E-state index in [0.29, 0.717) is 5.56 Å². The fourth-order valence-corrected chi connectivity index (χ4v) is 4.42. The van der Waals surface area contributed by atoms with Gasteiger partial charge in [-0.15, -0.1) is 0 Å². The van der Waals surface area contributed by atoms with Gasteiger partial charge in [0.2, 0.25) is 0 Å². The molecule has 3 aromatic carbocycles. The molecule has 1 fully saturated rings. The minimum absolute atomic E-state index is 0.0288. The van der Waals surface area contributed by atoms with Crippen LogP contribution in [0.2, 0.25) is 0 Å². The van der Waals surface area contributed by atoms with Crippen molar-refractivity contribution in [3.63, 3.8) is 0 Å². The van der Waals surface area contributed by atoms with Crippen molar-refractivity contribution in [2.45, 2.75) is 18.3 Å². The molecule has 188 valence electrons. The van der Waals surface area contributed by atoms with Crippen molar-refractivity contribution < 1.29 is 28.5 Å². The molecular formula is C26H21F2N5O4. The molecule has 0 aliphatic carbocycles. The van der Waals surface area contributed by atoms with E-state index in [2.05, 4.69) is 20.1 Å². The smallest absolute Gasteiger partial charge is 0.295 e. The number of hydrogen-bond acceptors (Lipinski definition) is 7. The number of aliphatic hydroxyl groups excluding tert-OH is 2. The molecule has 6 rings (SSSR count). The van der Waals surface area contributed by atoms with E-state index in [1.165, 1.54) is 6.33 Å². The van der Waals surface area contributed by atoms with Crippen molar-refractivity contribution in [2.75, 3.05) is 13.2 Å². The molecule has 2 aromatic heterocycles. The number of aromatic nitrogens is 5. The van der Waals surface area contributed by atoms with Crippen LogP contribution in [0.25, 0.3) is 39.0 Å². The lowest BCUT2D eigenvalue weighted by molar-refractivity contribution is -0.00390. The first kappa shape index (κ1) is 23.2. The second-order valence-corrected chi connectivity index (χ2v) is 8.65. The summed E-state index contributed by atoms with van der Waals surface area (Å²) in [6.07, 6.45) is 0.415. The Morgan fingerprint density at radius 1 is 1.05 bits per heavy atom. The Morgan fingerprint density at radius 2 is 1.76 bits per heavy atom. The van der Waals surface area contributed by atoms with Crippen LogP contribution < -0.4 is 4.74 Å². The largest absolute Gasteiger partial charge is 0.456 e. The molecular weight excluding hydrogens is 484 g/mol. The van der Waals surface area contributed by atoms with Gasteiger partial charge in [-0.25, -0.2) is 18.4 Å². The van der Waals surface area contributed by atoms with Gasteiger partial charge in [-0.05, 0) is 28.8 Å². The van der Waals surface area contributed by atoms with Crippen LogP contribution in [0.5, 0.6) is 6.01 Å². The molecule has 11 heteroatoms. The van der Waals surface area contributed by atoms with E-state index in [0.717, 1.165) is 22.9 Å². The van der Waals surface area contributed by atoms with Gasteiger partial charge in [0.15, 0.2) is 11.9 Å². The van der Waals surface area contributed by atoms with Crippen molar-refractivity contribution in [3.8, 4) is 34.0 Å². The number of aliphatic hydroxyl groups is 2. The van der Waals surface area contributed by atoms with E-state index < -0.39 is 29.9 Å². The minimum atomic E-state index is -1.08. The van der Waals surface area contributed by atoms with Gasteiger partial charge in [-0.2, -0.15) is 10.1 Å². The van der Waals surface area contributed by atoms with Crippen molar-refractivity contribution in [3.05, 3.63) is 78.9 Å². The Kier molecular flexibility index (Phi) is 5.87. The van der Waals surface area contributed by atoms with Gasteiger partial charge in [-0.1, -0.05) is 36.4 Å². The normalized spacial score (nSPS) is 19.5. The number of nitrogens with one attached hydrogen (secondary N) is 1. The number of halogens is 2. The van der Waals surface area contributed by atoms with Crippen LogP contribution in [0.4, 0.5) is 8.78 Å². The molecule has 1 aliphatic heterocycles. The molecule has 1 saturated heterocycles. The van der Waals surface area contributed by atoms with E-state index in [1.54, 1.807) is 35.3 Å². The highest BCUT2D eigenvalue weighted by molar-refractivity contribution is 5.84. The Balaban J connectivity index is 1.26. The average molecular weight is 505 g/mol. The van der Waals surface area contributed by atoms with Crippen molar-refractivity contribution in [1.82, 2.24) is 24.7 Å². The lowest BCUT2D eigenvalue weighted by Gasteiger charge is -2.15. The van der Waals surface area contributed by atoms with Crippen LogP contribution in [0.1, 0.15) is 0 Å². The fourth-order valence-electron chi connectivity index (χ4n) is 4.42. The van der Waals surface area contributed by atoms with Crippen LogP contribution in [0.15, 0.2) is 67.3 Å². The number of hydrogen-bond donors (Lipinski definition) is 3. The van der Waals surface area contributed by atoms with Crippen molar-refractivity contribution in [2.24, 2.45) is 0 Å². The predicted octanol–water partition coefficient (Wildman–Crippen LogP) is 3.26. The quantitative estimate of drug-likeness (QED) is 0.324. The lowest BCUT2D eigenvalue weighted by atomic mass is 9.99. The number of rotatable bonds is 6. The third-order valence-corrected chi connectivity index (χ3v) is 6.38. The van der Waals surface area contributed by atoms with E-state index in [4.69, 9.17) is 9.47 Å². The van der Waals surface area contributed by atoms with E-state index in [-0.39, 0.29) is 35.8 Å². The zero-order valence-electron chi connectivity index (χ0n) is 19.3. The molecule has 37 heavy (non-hydrogen) atoms. The molecule has 3 unspecified atom stereocenters. The Hall–Kier alpha value is -4.19. The van der Waals surface area contributed by atoms with Gasteiger partial charge < -0.3 is 24.7 Å². The third kappa shape index (κ3) is 4.22. The summed E-state index contributed by atoms with van der Waals surface area (Å²) in [7, 11) is 0. The summed E-state index contributed by atoms with van der Waals surface area (Å²) < 4.78 is 42.9. The van der Waals surface area contributed by atoms with Crippen LogP contribution >= 0.6 is 0 Å². The molecule has 0 amide bonds. The Labute approximate surface area is 209 Å². The van der Waals surface area contributed by atoms with Gasteiger partial charge in [0.25, 0.3) is 6.01 Å². The standard InChI is InChI=1S/C26H21F2N5O4/c27-18-9-19-24(32-26(31-19)37-21-11-36-20(10-34)25(21)35)23(28)22(18)16-3-1-14(2-4-16)15-5-7-17(8-6-15)33-13-29-12-30-33/h1-9,12-13,20-21,25,34-35H,10-11H2,(H,31,32). The molecule has 3 heterocycles. The lowest BCUT2D eigenvalue weighted by Crippen LogP contribution is -2.36. The first-order valence-corrected chi connectivity index (χ1v) is 11.5. The number of H-pyrrole nitrogens is 1. The maximum Gasteiger partial charge on any atom is 0.295 e. The molecule has 3 N–H and O–H groups in total. The van der Waals surface area contributed by atoms with Crippen LogP contribution in [-0.4, -0.2) is 66.5 Å². The van der Waals surface area contributed by atoms with E-state index in [1.807, 2.05) is 24.3 Å². The van der Waals surface area contributed by atoms with Gasteiger partial charge >= 0.3 is 0 Å². The fraction of sp³-hybridized carbons (Fsp3) is 0.192. The van der Waals surface area contributed by atoms with Gasteiger partial charge in [-0.3, -0.25) is 0 Å². The second kappa shape index (κ2) is 9.36. The van der Waals surface area contributed by atoms with Crippen LogP contribution in [-0.2, 0) is 4.74 Å². The average Bonchev–Trinajstić information content (AvgIpc) is 3.66. The highest BCUT2D eigenvalue weighted by atomic mass is 19.1. The number of benzene rings is 3. The number of ether oxygens (including phenoxy) is 2. The van der Waals surface area contributed by atoms with Gasteiger partial charge in [0.05, 0.1) is 30.0 Å². The van der Waals surface area contributed by atoms with Crippen LogP contribution in [0.3, 0.4) is 0 Å². The second-order valence-electron chi connectivity index (χ2n) is 8.65. The highest BCUT2D eigenvalue weighted by Gasteiger charge is 2.37. The van der Waals surface area contributed by atoms with Gasteiger partial charge in [0, 0.05) is 6.07 Å². The predicted molar refractivity (Wildman–Crippen MR) is 129 cm³/mol.